The third-order valence-electron chi connectivity index (χ3n) is 1.56. The van der Waals surface area contributed by atoms with E-state index in [1.807, 2.05) is 0 Å². The van der Waals surface area contributed by atoms with Crippen LogP contribution in [0.5, 0.6) is 0 Å². The summed E-state index contributed by atoms with van der Waals surface area (Å²) in [5, 5.41) is 37.1. The first-order valence-corrected chi connectivity index (χ1v) is 3.60. The quantitative estimate of drug-likeness (QED) is 0.268. The second-order valence-electron chi connectivity index (χ2n) is 2.48. The Morgan fingerprint density at radius 3 is 1.83 bits per heavy atom. The lowest BCUT2D eigenvalue weighted by molar-refractivity contribution is -1.01. The van der Waals surface area contributed by atoms with Gasteiger partial charge in [-0.25, -0.2) is 0 Å². The maximum Gasteiger partial charge on any atom is 0.837 e. The third kappa shape index (κ3) is 1.60. The van der Waals surface area contributed by atoms with Gasteiger partial charge in [0.1, 0.15) is 0 Å². The van der Waals surface area contributed by atoms with E-state index in [2.05, 4.69) is 15.4 Å². The number of hydrogen-bond donors (Lipinski definition) is 0. The summed E-state index contributed by atoms with van der Waals surface area (Å²) in [6.07, 6.45) is 0. The smallest absolute Gasteiger partial charge is 0.251 e. The molecule has 0 N–H and O–H groups in total. The van der Waals surface area contributed by atoms with Crippen LogP contribution in [0.15, 0.2) is 0 Å². The molecule has 1 rings (SSSR count). The molecule has 0 atom stereocenters. The average Bonchev–Trinajstić information content (AvgIpc) is 2.66. The Labute approximate surface area is 92.7 Å². The lowest BCUT2D eigenvalue weighted by atomic mass is 10.7. The van der Waals surface area contributed by atoms with E-state index in [1.165, 1.54) is 0 Å². The lowest BCUT2D eigenvalue weighted by Crippen LogP contribution is -2.56. The molecular formula is C2F2N8O6. The number of anilines is 1. The summed E-state index contributed by atoms with van der Waals surface area (Å²) in [6.45, 7) is 0. The molecule has 0 amide bonds. The molecule has 0 saturated carbocycles. The Morgan fingerprint density at radius 2 is 1.56 bits per heavy atom. The van der Waals surface area contributed by atoms with Crippen molar-refractivity contribution in [3.05, 3.63) is 30.3 Å². The Morgan fingerprint density at radius 1 is 1.11 bits per heavy atom. The highest BCUT2D eigenvalue weighted by atomic mass is 19.4. The summed E-state index contributed by atoms with van der Waals surface area (Å²) < 4.78 is 23.8. The number of rotatable bonds is 5. The Kier molecular flexibility index (Phi) is 2.94. The van der Waals surface area contributed by atoms with Crippen molar-refractivity contribution in [2.45, 2.75) is 5.91 Å². The van der Waals surface area contributed by atoms with E-state index in [0.717, 1.165) is 0 Å². The Balaban J connectivity index is 3.47. The van der Waals surface area contributed by atoms with Gasteiger partial charge in [-0.15, -0.1) is 0 Å². The highest BCUT2D eigenvalue weighted by molar-refractivity contribution is 5.14. The zero-order chi connectivity index (χ0) is 14.1. The van der Waals surface area contributed by atoms with Crippen molar-refractivity contribution in [3.63, 3.8) is 0 Å². The van der Waals surface area contributed by atoms with E-state index < -0.39 is 36.8 Å². The lowest BCUT2D eigenvalue weighted by Gasteiger charge is -2.04. The number of aromatic nitrogens is 4. The average molecular weight is 270 g/mol. The second kappa shape index (κ2) is 4.07. The molecule has 0 aliphatic carbocycles. The molecule has 0 aromatic carbocycles. The predicted octanol–water partition coefficient (Wildman–Crippen LogP) is -1.35. The molecule has 1 heterocycles. The van der Waals surface area contributed by atoms with Crippen LogP contribution < -0.4 is 5.34 Å². The fraction of sp³-hybridized carbons (Fsp3) is 0.500. The van der Waals surface area contributed by atoms with Gasteiger partial charge in [0.2, 0.25) is 14.8 Å². The van der Waals surface area contributed by atoms with Crippen LogP contribution in [-0.2, 0) is 5.91 Å². The molecule has 0 radical (unpaired) electrons. The first kappa shape index (κ1) is 13.0. The van der Waals surface area contributed by atoms with Crippen molar-refractivity contribution < 1.29 is 23.7 Å². The van der Waals surface area contributed by atoms with Crippen molar-refractivity contribution >= 4 is 5.95 Å². The molecule has 1 aromatic rings. The fourth-order valence-electron chi connectivity index (χ4n) is 0.821. The van der Waals surface area contributed by atoms with Crippen LogP contribution in [-0.4, -0.2) is 35.0 Å². The molecule has 0 fully saturated rings. The first-order valence-electron chi connectivity index (χ1n) is 3.60. The molecule has 14 nitrogen and oxygen atoms in total. The molecule has 0 saturated heterocycles. The maximum absolute atomic E-state index is 11.9. The van der Waals surface area contributed by atoms with Crippen LogP contribution in [0.25, 0.3) is 0 Å². The minimum atomic E-state index is -4.26. The van der Waals surface area contributed by atoms with Gasteiger partial charge in [-0.2, -0.15) is 0 Å². The van der Waals surface area contributed by atoms with E-state index in [9.17, 15) is 39.3 Å². The minimum absolute atomic E-state index is 0.742. The van der Waals surface area contributed by atoms with E-state index in [-0.39, 0.29) is 0 Å². The van der Waals surface area contributed by atoms with E-state index in [0.29, 0.717) is 0 Å². The van der Waals surface area contributed by atoms with E-state index >= 15 is 0 Å². The van der Waals surface area contributed by atoms with Gasteiger partial charge in [0.25, 0.3) is 0 Å². The van der Waals surface area contributed by atoms with Gasteiger partial charge in [0.15, 0.2) is 0 Å². The molecule has 0 aliphatic heterocycles. The van der Waals surface area contributed by atoms with Gasteiger partial charge in [-0.1, -0.05) is 19.2 Å². The summed E-state index contributed by atoms with van der Waals surface area (Å²) in [6, 6.07) is 0. The van der Waals surface area contributed by atoms with Crippen LogP contribution in [0.1, 0.15) is 0 Å². The highest BCUT2D eigenvalue weighted by Crippen LogP contribution is 2.18. The topological polar surface area (TPSA) is 176 Å². The van der Waals surface area contributed by atoms with Gasteiger partial charge < -0.3 is 0 Å². The third-order valence-corrected chi connectivity index (χ3v) is 1.56. The maximum atomic E-state index is 11.9. The molecule has 16 heteroatoms. The van der Waals surface area contributed by atoms with E-state index in [4.69, 9.17) is 0 Å². The van der Waals surface area contributed by atoms with Crippen molar-refractivity contribution in [1.29, 1.82) is 0 Å². The van der Waals surface area contributed by atoms with Gasteiger partial charge >= 0.3 is 11.9 Å². The molecule has 0 unspecified atom stereocenters. The van der Waals surface area contributed by atoms with Gasteiger partial charge in [0, 0.05) is 5.34 Å². The van der Waals surface area contributed by atoms with Gasteiger partial charge in [-0.3, -0.25) is 30.3 Å². The molecule has 0 bridgehead atoms. The van der Waals surface area contributed by atoms with Crippen LogP contribution in [0, 0.1) is 30.3 Å². The standard InChI is InChI=1S/C2F2N8O6/c3-8(4)1-5-7-9(6-1)2(10(13)14,11(15)16)12(17)18. The number of hydrogen-bond acceptors (Lipinski definition) is 10. The van der Waals surface area contributed by atoms with Gasteiger partial charge in [0.05, 0.1) is 4.80 Å². The van der Waals surface area contributed by atoms with Crippen molar-refractivity contribution in [3.8, 4) is 0 Å². The predicted molar refractivity (Wildman–Crippen MR) is 41.5 cm³/mol. The summed E-state index contributed by atoms with van der Waals surface area (Å²) in [5.74, 6) is -5.84. The largest absolute Gasteiger partial charge is 0.837 e. The minimum Gasteiger partial charge on any atom is -0.251 e. The number of nitro groups is 3. The summed E-state index contributed by atoms with van der Waals surface area (Å²) in [4.78, 5) is 24.8. The van der Waals surface area contributed by atoms with Crippen LogP contribution >= 0.6 is 0 Å². The second-order valence-corrected chi connectivity index (χ2v) is 2.48. The zero-order valence-electron chi connectivity index (χ0n) is 7.78. The van der Waals surface area contributed by atoms with Crippen LogP contribution in [0.2, 0.25) is 0 Å². The van der Waals surface area contributed by atoms with Crippen molar-refractivity contribution in [1.82, 2.24) is 20.2 Å². The number of tetrazole rings is 1. The molecule has 0 spiro atoms. The fourth-order valence-corrected chi connectivity index (χ4v) is 0.821. The number of nitrogens with zero attached hydrogens (tertiary/aromatic N) is 8. The first-order chi connectivity index (χ1) is 8.24. The Bertz CT molecular complexity index is 475. The monoisotopic (exact) mass is 270 g/mol. The number of halogens is 2. The highest BCUT2D eigenvalue weighted by Gasteiger charge is 2.77. The van der Waals surface area contributed by atoms with Crippen LogP contribution in [0.3, 0.4) is 0 Å². The normalized spacial score (nSPS) is 11.0. The molecule has 1 aromatic heterocycles. The molecule has 18 heavy (non-hydrogen) atoms. The van der Waals surface area contributed by atoms with Crippen molar-refractivity contribution in [2.24, 2.45) is 0 Å². The van der Waals surface area contributed by atoms with Gasteiger partial charge in [-0.05, 0) is 5.21 Å². The van der Waals surface area contributed by atoms with Crippen molar-refractivity contribution in [2.75, 3.05) is 5.34 Å². The van der Waals surface area contributed by atoms with E-state index in [1.54, 1.807) is 0 Å². The summed E-state index contributed by atoms with van der Waals surface area (Å²) >= 11 is 0. The van der Waals surface area contributed by atoms with Crippen LogP contribution in [0.4, 0.5) is 14.9 Å². The summed E-state index contributed by atoms with van der Waals surface area (Å²) in [5.41, 5.74) is 0. The Hall–Kier alpha value is -3.07. The molecular weight excluding hydrogens is 270 g/mol. The molecule has 98 valence electrons. The zero-order valence-corrected chi connectivity index (χ0v) is 7.78. The summed E-state index contributed by atoms with van der Waals surface area (Å²) in [7, 11) is 0. The SMILES string of the molecule is O=[N+]([O-])C(n1nnc(N(F)F)n1)([N+](=O)[O-])[N+](=O)[O-]. The molecule has 0 aliphatic rings.